The predicted molar refractivity (Wildman–Crippen MR) is 134 cm³/mol. The maximum Gasteiger partial charge on any atom is 0.338 e. The molecule has 184 valence electrons. The molecule has 0 aliphatic carbocycles. The summed E-state index contributed by atoms with van der Waals surface area (Å²) in [5, 5.41) is 8.55. The van der Waals surface area contributed by atoms with Crippen molar-refractivity contribution in [3.63, 3.8) is 0 Å². The van der Waals surface area contributed by atoms with E-state index in [0.29, 0.717) is 29.3 Å². The summed E-state index contributed by atoms with van der Waals surface area (Å²) in [4.78, 5) is 49.3. The molecule has 1 aliphatic heterocycles. The van der Waals surface area contributed by atoms with Gasteiger partial charge in [0.25, 0.3) is 0 Å². The number of anilines is 3. The lowest BCUT2D eigenvalue weighted by atomic mass is 10.1. The molecule has 9 heteroatoms. The van der Waals surface area contributed by atoms with Crippen molar-refractivity contribution in [2.75, 3.05) is 29.2 Å². The minimum Gasteiger partial charge on any atom is -0.494 e. The average molecular weight is 488 g/mol. The second-order valence-corrected chi connectivity index (χ2v) is 8.02. The summed E-state index contributed by atoms with van der Waals surface area (Å²) >= 11 is 0. The summed E-state index contributed by atoms with van der Waals surface area (Å²) in [5.74, 6) is -0.992. The summed E-state index contributed by atoms with van der Waals surface area (Å²) < 4.78 is 10.5. The molecule has 0 saturated heterocycles. The van der Waals surface area contributed by atoms with Crippen LogP contribution < -0.4 is 20.7 Å². The number of nitrogens with one attached hydrogen (secondary N) is 3. The molecule has 0 bridgehead atoms. The molecule has 36 heavy (non-hydrogen) atoms. The lowest BCUT2D eigenvalue weighted by molar-refractivity contribution is -0.122. The summed E-state index contributed by atoms with van der Waals surface area (Å²) in [6.45, 7) is 2.00. The number of carbonyl (C=O) groups excluding carboxylic acids is 4. The quantitative estimate of drug-likeness (QED) is 0.309. The van der Waals surface area contributed by atoms with Crippen molar-refractivity contribution in [3.8, 4) is 5.75 Å². The minimum absolute atomic E-state index is 0.0718. The summed E-state index contributed by atoms with van der Waals surface area (Å²) in [6, 6.07) is 19.2. The van der Waals surface area contributed by atoms with Crippen molar-refractivity contribution in [1.82, 2.24) is 0 Å². The minimum atomic E-state index is -0.706. The zero-order valence-electron chi connectivity index (χ0n) is 19.6. The predicted octanol–water partition coefficient (Wildman–Crippen LogP) is 3.89. The van der Waals surface area contributed by atoms with Gasteiger partial charge in [0.15, 0.2) is 12.4 Å². The molecule has 0 radical (unpaired) electrons. The van der Waals surface area contributed by atoms with Gasteiger partial charge in [-0.1, -0.05) is 12.1 Å². The molecule has 0 spiro atoms. The summed E-state index contributed by atoms with van der Waals surface area (Å²) in [5.41, 5.74) is 2.52. The number of Topliss-reactive ketones (excluding diaryl/α,β-unsaturated/α-hetero) is 1. The zero-order chi connectivity index (χ0) is 25.5. The first-order valence-electron chi connectivity index (χ1n) is 11.4. The van der Waals surface area contributed by atoms with Crippen LogP contribution in [0, 0.1) is 0 Å². The van der Waals surface area contributed by atoms with Crippen LogP contribution >= 0.6 is 0 Å². The van der Waals surface area contributed by atoms with E-state index in [2.05, 4.69) is 16.0 Å². The lowest BCUT2D eigenvalue weighted by Gasteiger charge is -2.26. The number of ketones is 1. The van der Waals surface area contributed by atoms with Gasteiger partial charge >= 0.3 is 5.97 Å². The van der Waals surface area contributed by atoms with E-state index in [1.807, 2.05) is 25.1 Å². The van der Waals surface area contributed by atoms with E-state index in [1.165, 1.54) is 12.1 Å². The topological polar surface area (TPSA) is 123 Å². The average Bonchev–Trinajstić information content (AvgIpc) is 2.88. The summed E-state index contributed by atoms with van der Waals surface area (Å²) in [6.07, 6.45) is -0.0718. The number of hydrogen-bond donors (Lipinski definition) is 3. The normalized spacial score (nSPS) is 14.0. The highest BCUT2D eigenvalue weighted by Crippen LogP contribution is 2.27. The molecule has 9 nitrogen and oxygen atoms in total. The molecule has 3 N–H and O–H groups in total. The summed E-state index contributed by atoms with van der Waals surface area (Å²) in [7, 11) is 0. The van der Waals surface area contributed by atoms with Crippen LogP contribution in [0.4, 0.5) is 17.1 Å². The van der Waals surface area contributed by atoms with Crippen molar-refractivity contribution in [2.24, 2.45) is 0 Å². The molecule has 1 heterocycles. The van der Waals surface area contributed by atoms with Crippen LogP contribution in [0.15, 0.2) is 72.8 Å². The van der Waals surface area contributed by atoms with Crippen molar-refractivity contribution in [2.45, 2.75) is 19.4 Å². The molecule has 1 aliphatic rings. The van der Waals surface area contributed by atoms with Crippen LogP contribution in [0.3, 0.4) is 0 Å². The van der Waals surface area contributed by atoms with Gasteiger partial charge in [-0.05, 0) is 67.6 Å². The molecule has 1 atom stereocenters. The number of fused-ring (bicyclic) bond motifs is 1. The first-order valence-corrected chi connectivity index (χ1v) is 11.4. The van der Waals surface area contributed by atoms with Crippen LogP contribution in [-0.2, 0) is 14.3 Å². The fourth-order valence-electron chi connectivity index (χ4n) is 3.62. The maximum absolute atomic E-state index is 12.5. The highest BCUT2D eigenvalue weighted by Gasteiger charge is 2.27. The lowest BCUT2D eigenvalue weighted by Crippen LogP contribution is -2.41. The molecular formula is C27H25N3O6. The molecule has 1 unspecified atom stereocenters. The van der Waals surface area contributed by atoms with Gasteiger partial charge in [0.1, 0.15) is 11.8 Å². The van der Waals surface area contributed by atoms with Crippen LogP contribution in [0.5, 0.6) is 5.75 Å². The Labute approximate surface area is 207 Å². The molecule has 0 fully saturated rings. The molecule has 0 saturated carbocycles. The maximum atomic E-state index is 12.5. The fourth-order valence-corrected chi connectivity index (χ4v) is 3.62. The number of benzene rings is 3. The molecular weight excluding hydrogens is 462 g/mol. The van der Waals surface area contributed by atoms with Crippen molar-refractivity contribution >= 4 is 40.6 Å². The number of esters is 1. The van der Waals surface area contributed by atoms with Gasteiger partial charge in [-0.3, -0.25) is 14.4 Å². The molecule has 3 aromatic rings. The van der Waals surface area contributed by atoms with Gasteiger partial charge in [0, 0.05) is 11.3 Å². The van der Waals surface area contributed by atoms with Gasteiger partial charge in [-0.25, -0.2) is 4.79 Å². The monoisotopic (exact) mass is 487 g/mol. The van der Waals surface area contributed by atoms with Crippen LogP contribution in [0.25, 0.3) is 0 Å². The third-order valence-electron chi connectivity index (χ3n) is 5.45. The Morgan fingerprint density at radius 2 is 1.56 bits per heavy atom. The Morgan fingerprint density at radius 3 is 2.25 bits per heavy atom. The Balaban J connectivity index is 1.26. The van der Waals surface area contributed by atoms with Crippen molar-refractivity contribution in [3.05, 3.63) is 83.9 Å². The SMILES string of the molecule is CCOc1ccc(C(=O)COC(=O)c2ccc(NC(=O)CC3Nc4ccccc4NC3=O)cc2)cc1. The molecule has 2 amide bonds. The Morgan fingerprint density at radius 1 is 0.889 bits per heavy atom. The number of rotatable bonds is 9. The first-order chi connectivity index (χ1) is 17.4. The highest BCUT2D eigenvalue weighted by molar-refractivity contribution is 6.06. The van der Waals surface area contributed by atoms with Crippen molar-refractivity contribution < 1.29 is 28.7 Å². The Kier molecular flexibility index (Phi) is 7.60. The standard InChI is InChI=1S/C27H25N3O6/c1-2-35-20-13-9-17(10-14-20)24(31)16-36-27(34)18-7-11-19(12-8-18)28-25(32)15-23-26(33)30-22-6-4-3-5-21(22)29-23/h3-14,23,29H,2,15-16H2,1H3,(H,28,32)(H,30,33). The highest BCUT2D eigenvalue weighted by atomic mass is 16.5. The zero-order valence-corrected chi connectivity index (χ0v) is 19.6. The second kappa shape index (κ2) is 11.2. The van der Waals surface area contributed by atoms with Crippen molar-refractivity contribution in [1.29, 1.82) is 0 Å². The number of para-hydroxylation sites is 2. The number of amides is 2. The van der Waals surface area contributed by atoms with E-state index in [9.17, 15) is 19.2 Å². The smallest absolute Gasteiger partial charge is 0.338 e. The van der Waals surface area contributed by atoms with Crippen LogP contribution in [0.1, 0.15) is 34.1 Å². The van der Waals surface area contributed by atoms with E-state index in [1.54, 1.807) is 42.5 Å². The first kappa shape index (κ1) is 24.5. The van der Waals surface area contributed by atoms with Gasteiger partial charge in [-0.2, -0.15) is 0 Å². The van der Waals surface area contributed by atoms with Gasteiger partial charge in [0.05, 0.1) is 30.0 Å². The number of carbonyl (C=O) groups is 4. The Hall–Kier alpha value is -4.66. The van der Waals surface area contributed by atoms with E-state index in [-0.39, 0.29) is 29.6 Å². The van der Waals surface area contributed by atoms with Crippen LogP contribution in [0.2, 0.25) is 0 Å². The Bertz CT molecular complexity index is 1270. The van der Waals surface area contributed by atoms with E-state index in [4.69, 9.17) is 9.47 Å². The second-order valence-electron chi connectivity index (χ2n) is 8.02. The number of ether oxygens (including phenoxy) is 2. The van der Waals surface area contributed by atoms with E-state index < -0.39 is 18.6 Å². The fraction of sp³-hybridized carbons (Fsp3) is 0.185. The van der Waals surface area contributed by atoms with E-state index >= 15 is 0 Å². The molecule has 4 rings (SSSR count). The van der Waals surface area contributed by atoms with Gasteiger partial charge in [0.2, 0.25) is 11.8 Å². The van der Waals surface area contributed by atoms with E-state index in [0.717, 1.165) is 5.69 Å². The third kappa shape index (κ3) is 6.06. The number of hydrogen-bond acceptors (Lipinski definition) is 7. The molecule has 3 aromatic carbocycles. The third-order valence-corrected chi connectivity index (χ3v) is 5.45. The largest absolute Gasteiger partial charge is 0.494 e. The molecule has 0 aromatic heterocycles. The van der Waals surface area contributed by atoms with Gasteiger partial charge in [-0.15, -0.1) is 0 Å². The van der Waals surface area contributed by atoms with Crippen LogP contribution in [-0.4, -0.2) is 42.8 Å². The van der Waals surface area contributed by atoms with Gasteiger partial charge < -0.3 is 25.4 Å².